The third kappa shape index (κ3) is 2.28. The molecule has 0 amide bonds. The smallest absolute Gasteiger partial charge is 0.137 e. The van der Waals surface area contributed by atoms with E-state index in [1.165, 1.54) is 11.1 Å². The third-order valence-corrected chi connectivity index (χ3v) is 4.71. The van der Waals surface area contributed by atoms with Gasteiger partial charge >= 0.3 is 0 Å². The fourth-order valence-corrected chi connectivity index (χ4v) is 3.88. The van der Waals surface area contributed by atoms with E-state index < -0.39 is 0 Å². The van der Waals surface area contributed by atoms with Crippen molar-refractivity contribution in [2.45, 2.75) is 26.7 Å². The van der Waals surface area contributed by atoms with Crippen LogP contribution in [0.2, 0.25) is 0 Å². The van der Waals surface area contributed by atoms with Gasteiger partial charge in [-0.1, -0.05) is 19.0 Å². The second-order valence-electron chi connectivity index (χ2n) is 3.71. The van der Waals surface area contributed by atoms with Crippen LogP contribution in [0.25, 0.3) is 0 Å². The van der Waals surface area contributed by atoms with Crippen molar-refractivity contribution >= 4 is 28.4 Å². The Labute approximate surface area is 109 Å². The Morgan fingerprint density at radius 1 is 1.06 bits per heavy atom. The first-order valence-electron chi connectivity index (χ1n) is 5.67. The molecule has 2 rings (SSSR count). The summed E-state index contributed by atoms with van der Waals surface area (Å²) in [7, 11) is 0. The van der Waals surface area contributed by atoms with Crippen LogP contribution in [-0.4, -0.2) is 10.9 Å². The molecule has 0 radical (unpaired) electrons. The largest absolute Gasteiger partial charge is 0.410 e. The molecule has 17 heavy (non-hydrogen) atoms. The van der Waals surface area contributed by atoms with Crippen LogP contribution in [0.4, 0.5) is 0 Å². The molecule has 2 heterocycles. The van der Waals surface area contributed by atoms with Crippen LogP contribution in [0.1, 0.15) is 34.7 Å². The molecule has 0 unspecified atom stereocenters. The highest BCUT2D eigenvalue weighted by molar-refractivity contribution is 7.16. The predicted octanol–water partition coefficient (Wildman–Crippen LogP) is 4.16. The van der Waals surface area contributed by atoms with Crippen LogP contribution >= 0.6 is 22.7 Å². The highest BCUT2D eigenvalue weighted by Crippen LogP contribution is 2.27. The van der Waals surface area contributed by atoms with Crippen LogP contribution in [0.3, 0.4) is 0 Å². The second-order valence-corrected chi connectivity index (χ2v) is 5.54. The molecule has 4 heteroatoms. The fourth-order valence-electron chi connectivity index (χ4n) is 1.84. The maximum Gasteiger partial charge on any atom is 0.137 e. The van der Waals surface area contributed by atoms with Gasteiger partial charge < -0.3 is 5.21 Å². The van der Waals surface area contributed by atoms with E-state index in [-0.39, 0.29) is 0 Å². The Bertz CT molecular complexity index is 481. The summed E-state index contributed by atoms with van der Waals surface area (Å²) in [5.74, 6) is 0. The van der Waals surface area contributed by atoms with Gasteiger partial charge in [0.2, 0.25) is 0 Å². The van der Waals surface area contributed by atoms with E-state index in [9.17, 15) is 5.21 Å². The summed E-state index contributed by atoms with van der Waals surface area (Å²) in [6, 6.07) is 4.20. The number of oxime groups is 1. The molecule has 2 aromatic rings. The predicted molar refractivity (Wildman–Crippen MR) is 74.8 cm³/mol. The molecule has 0 aromatic carbocycles. The number of hydrogen-bond acceptors (Lipinski definition) is 4. The minimum atomic E-state index is 0.726. The Morgan fingerprint density at radius 3 is 1.88 bits per heavy atom. The van der Waals surface area contributed by atoms with Crippen molar-refractivity contribution < 1.29 is 5.21 Å². The summed E-state index contributed by atoms with van der Waals surface area (Å²) in [5.41, 5.74) is 3.22. The van der Waals surface area contributed by atoms with Gasteiger partial charge in [0.15, 0.2) is 0 Å². The molecule has 0 aliphatic heterocycles. The van der Waals surface area contributed by atoms with Gasteiger partial charge in [-0.2, -0.15) is 0 Å². The average Bonchev–Trinajstić information content (AvgIpc) is 2.98. The number of rotatable bonds is 4. The summed E-state index contributed by atoms with van der Waals surface area (Å²) in [6.07, 6.45) is 1.93. The maximum atomic E-state index is 9.31. The zero-order chi connectivity index (χ0) is 12.3. The average molecular weight is 265 g/mol. The topological polar surface area (TPSA) is 32.6 Å². The minimum absolute atomic E-state index is 0.726. The monoisotopic (exact) mass is 265 g/mol. The van der Waals surface area contributed by atoms with Crippen molar-refractivity contribution in [3.05, 3.63) is 43.8 Å². The molecular formula is C13H15NOS2. The maximum absolute atomic E-state index is 9.31. The van der Waals surface area contributed by atoms with Gasteiger partial charge in [0.1, 0.15) is 5.71 Å². The van der Waals surface area contributed by atoms with Gasteiger partial charge in [-0.15, -0.1) is 22.7 Å². The first-order chi connectivity index (χ1) is 8.31. The molecule has 0 fully saturated rings. The van der Waals surface area contributed by atoms with E-state index in [1.54, 1.807) is 22.7 Å². The first kappa shape index (κ1) is 12.3. The number of thiophene rings is 2. The highest BCUT2D eigenvalue weighted by Gasteiger charge is 2.17. The van der Waals surface area contributed by atoms with Gasteiger partial charge in [0.25, 0.3) is 0 Å². The molecule has 0 bridgehead atoms. The zero-order valence-electron chi connectivity index (χ0n) is 9.93. The lowest BCUT2D eigenvalue weighted by Gasteiger charge is -2.05. The molecule has 2 aromatic heterocycles. The lowest BCUT2D eigenvalue weighted by molar-refractivity contribution is 0.320. The number of hydrogen-bond donors (Lipinski definition) is 1. The van der Waals surface area contributed by atoms with Crippen molar-refractivity contribution in [1.29, 1.82) is 0 Å². The van der Waals surface area contributed by atoms with Crippen LogP contribution in [0.5, 0.6) is 0 Å². The third-order valence-electron chi connectivity index (χ3n) is 2.79. The molecule has 0 spiro atoms. The molecule has 2 nitrogen and oxygen atoms in total. The van der Waals surface area contributed by atoms with Gasteiger partial charge in [0, 0.05) is 0 Å². The van der Waals surface area contributed by atoms with E-state index in [0.717, 1.165) is 28.3 Å². The Morgan fingerprint density at radius 2 is 1.53 bits per heavy atom. The van der Waals surface area contributed by atoms with E-state index in [4.69, 9.17) is 0 Å². The SMILES string of the molecule is CCc1ccsc1C(=NO)c1sccc1CC. The van der Waals surface area contributed by atoms with Crippen LogP contribution in [0, 0.1) is 0 Å². The highest BCUT2D eigenvalue weighted by atomic mass is 32.1. The van der Waals surface area contributed by atoms with Crippen molar-refractivity contribution in [3.8, 4) is 0 Å². The lowest BCUT2D eigenvalue weighted by atomic mass is 10.1. The van der Waals surface area contributed by atoms with E-state index in [1.807, 2.05) is 0 Å². The van der Waals surface area contributed by atoms with Gasteiger partial charge in [0.05, 0.1) is 9.75 Å². The summed E-state index contributed by atoms with van der Waals surface area (Å²) in [4.78, 5) is 2.18. The molecule has 0 atom stereocenters. The van der Waals surface area contributed by atoms with Crippen molar-refractivity contribution in [3.63, 3.8) is 0 Å². The van der Waals surface area contributed by atoms with Gasteiger partial charge in [-0.25, -0.2) is 0 Å². The Hall–Kier alpha value is -1.13. The van der Waals surface area contributed by atoms with Crippen LogP contribution in [0.15, 0.2) is 28.0 Å². The summed E-state index contributed by atoms with van der Waals surface area (Å²) in [5, 5.41) is 16.9. The lowest BCUT2D eigenvalue weighted by Crippen LogP contribution is -2.04. The minimum Gasteiger partial charge on any atom is -0.410 e. The van der Waals surface area contributed by atoms with Crippen LogP contribution in [-0.2, 0) is 12.8 Å². The standard InChI is InChI=1S/C13H15NOS2/c1-3-9-5-7-16-12(9)11(14-15)13-10(4-2)6-8-17-13/h5-8,15H,3-4H2,1-2H3. The number of aryl methyl sites for hydroxylation is 2. The quantitative estimate of drug-likeness (QED) is 0.502. The molecule has 0 aliphatic carbocycles. The van der Waals surface area contributed by atoms with Crippen molar-refractivity contribution in [2.75, 3.05) is 0 Å². The second kappa shape index (κ2) is 5.47. The summed E-state index contributed by atoms with van der Waals surface area (Å²) >= 11 is 3.28. The van der Waals surface area contributed by atoms with Crippen LogP contribution < -0.4 is 0 Å². The van der Waals surface area contributed by atoms with Gasteiger partial charge in [-0.05, 0) is 46.9 Å². The molecule has 0 aliphatic rings. The summed E-state index contributed by atoms with van der Waals surface area (Å²) in [6.45, 7) is 4.24. The molecule has 0 saturated heterocycles. The zero-order valence-corrected chi connectivity index (χ0v) is 11.6. The van der Waals surface area contributed by atoms with E-state index in [0.29, 0.717) is 0 Å². The molecular weight excluding hydrogens is 250 g/mol. The molecule has 90 valence electrons. The van der Waals surface area contributed by atoms with E-state index in [2.05, 4.69) is 41.9 Å². The molecule has 1 N–H and O–H groups in total. The normalized spacial score (nSPS) is 10.5. The van der Waals surface area contributed by atoms with E-state index >= 15 is 0 Å². The van der Waals surface area contributed by atoms with Crippen molar-refractivity contribution in [1.82, 2.24) is 0 Å². The van der Waals surface area contributed by atoms with Gasteiger partial charge in [-0.3, -0.25) is 0 Å². The molecule has 0 saturated carbocycles. The number of nitrogens with zero attached hydrogens (tertiary/aromatic N) is 1. The first-order valence-corrected chi connectivity index (χ1v) is 7.43. The Balaban J connectivity index is 2.48. The van der Waals surface area contributed by atoms with Crippen molar-refractivity contribution in [2.24, 2.45) is 5.16 Å². The fraction of sp³-hybridized carbons (Fsp3) is 0.308. The Kier molecular flexibility index (Phi) is 3.97. The summed E-state index contributed by atoms with van der Waals surface area (Å²) < 4.78 is 0.